The van der Waals surface area contributed by atoms with Crippen LogP contribution in [0.25, 0.3) is 22.9 Å². The van der Waals surface area contributed by atoms with Crippen molar-refractivity contribution >= 4 is 28.6 Å². The molecule has 30 heavy (non-hydrogen) atoms. The maximum atomic E-state index is 6.34. The first-order valence-corrected chi connectivity index (χ1v) is 10.2. The highest BCUT2D eigenvalue weighted by molar-refractivity contribution is 5.86. The van der Waals surface area contributed by atoms with E-state index < -0.39 is 0 Å². The minimum absolute atomic E-state index is 0.783. The van der Waals surface area contributed by atoms with Crippen molar-refractivity contribution in [1.82, 2.24) is 0 Å². The second-order valence-electron chi connectivity index (χ2n) is 7.19. The topological polar surface area (TPSA) is 29.5 Å². The molecule has 5 rings (SSSR count). The lowest BCUT2D eigenvalue weighted by molar-refractivity contribution is -0.674. The van der Waals surface area contributed by atoms with Crippen molar-refractivity contribution in [1.29, 1.82) is 0 Å². The van der Waals surface area contributed by atoms with Crippen LogP contribution in [-0.4, -0.2) is 7.05 Å². The molecule has 0 aliphatic carbocycles. The second-order valence-corrected chi connectivity index (χ2v) is 7.19. The van der Waals surface area contributed by atoms with Gasteiger partial charge in [0.15, 0.2) is 11.5 Å². The highest BCUT2D eigenvalue weighted by atomic mass is 16.5. The molecule has 4 heteroatoms. The van der Waals surface area contributed by atoms with Gasteiger partial charge in [0.25, 0.3) is 5.52 Å². The molecule has 0 saturated heterocycles. The molecule has 0 unspecified atom stereocenters. The van der Waals surface area contributed by atoms with Gasteiger partial charge in [-0.1, -0.05) is 54.6 Å². The Balaban J connectivity index is 1.63. The lowest BCUT2D eigenvalue weighted by Crippen LogP contribution is -2.33. The molecule has 4 nitrogen and oxygen atoms in total. The van der Waals surface area contributed by atoms with E-state index in [-0.39, 0.29) is 0 Å². The van der Waals surface area contributed by atoms with Gasteiger partial charge < -0.3 is 14.1 Å². The predicted molar refractivity (Wildman–Crippen MR) is 120 cm³/mol. The fourth-order valence-corrected chi connectivity index (χ4v) is 3.97. The van der Waals surface area contributed by atoms with E-state index >= 15 is 0 Å². The lowest BCUT2D eigenvalue weighted by atomic mass is 10.1. The van der Waals surface area contributed by atoms with Crippen molar-refractivity contribution in [2.75, 3.05) is 11.9 Å². The van der Waals surface area contributed by atoms with Crippen molar-refractivity contribution in [3.8, 4) is 5.75 Å². The average molecular weight is 395 g/mol. The lowest BCUT2D eigenvalue weighted by Gasteiger charge is -2.31. The van der Waals surface area contributed by atoms with Gasteiger partial charge in [-0.2, -0.15) is 4.57 Å². The summed E-state index contributed by atoms with van der Waals surface area (Å²) in [7, 11) is 2.07. The molecule has 1 aliphatic heterocycles. The van der Waals surface area contributed by atoms with Crippen molar-refractivity contribution in [2.45, 2.75) is 13.5 Å². The summed E-state index contributed by atoms with van der Waals surface area (Å²) in [6.45, 7) is 2.94. The van der Waals surface area contributed by atoms with Crippen LogP contribution in [0.3, 0.4) is 0 Å². The Labute approximate surface area is 175 Å². The summed E-state index contributed by atoms with van der Waals surface area (Å²) in [5, 5.41) is 0. The van der Waals surface area contributed by atoms with Crippen LogP contribution in [0.5, 0.6) is 5.75 Å². The fraction of sp³-hybridized carbons (Fsp3) is 0.115. The third-order valence-electron chi connectivity index (χ3n) is 5.39. The molecule has 0 fully saturated rings. The van der Waals surface area contributed by atoms with Gasteiger partial charge in [-0.25, -0.2) is 0 Å². The fourth-order valence-electron chi connectivity index (χ4n) is 3.97. The zero-order valence-corrected chi connectivity index (χ0v) is 17.1. The van der Waals surface area contributed by atoms with Crippen molar-refractivity contribution in [3.63, 3.8) is 0 Å². The first kappa shape index (κ1) is 18.3. The molecule has 1 aliphatic rings. The van der Waals surface area contributed by atoms with Crippen LogP contribution in [-0.2, 0) is 6.54 Å². The number of aromatic nitrogens is 1. The zero-order valence-electron chi connectivity index (χ0n) is 17.1. The van der Waals surface area contributed by atoms with Gasteiger partial charge >= 0.3 is 5.89 Å². The van der Waals surface area contributed by atoms with Gasteiger partial charge in [0, 0.05) is 18.7 Å². The molecule has 0 spiro atoms. The minimum Gasteiger partial charge on any atom is -0.453 e. The first-order valence-electron chi connectivity index (χ1n) is 10.2. The average Bonchev–Trinajstić information content (AvgIpc) is 3.16. The van der Waals surface area contributed by atoms with Crippen LogP contribution in [0.15, 0.2) is 95.1 Å². The molecule has 3 aromatic carbocycles. The molecule has 2 heterocycles. The minimum atomic E-state index is 0.783. The van der Waals surface area contributed by atoms with Crippen LogP contribution >= 0.6 is 0 Å². The van der Waals surface area contributed by atoms with E-state index in [0.717, 1.165) is 52.0 Å². The number of hydrogen-bond acceptors (Lipinski definition) is 3. The summed E-state index contributed by atoms with van der Waals surface area (Å²) < 4.78 is 14.6. The number of anilines is 1. The Morgan fingerprint density at radius 3 is 2.43 bits per heavy atom. The number of aryl methyl sites for hydroxylation is 1. The normalized spacial score (nSPS) is 13.7. The first-order chi connectivity index (χ1) is 14.8. The number of hydrogen-bond donors (Lipinski definition) is 0. The van der Waals surface area contributed by atoms with E-state index in [1.165, 1.54) is 0 Å². The molecule has 4 aromatic rings. The molecular weight excluding hydrogens is 372 g/mol. The number of rotatable bonds is 4. The van der Waals surface area contributed by atoms with Gasteiger partial charge in [0.1, 0.15) is 6.54 Å². The van der Waals surface area contributed by atoms with Crippen LogP contribution in [0, 0.1) is 0 Å². The smallest absolute Gasteiger partial charge is 0.374 e. The van der Waals surface area contributed by atoms with Crippen LogP contribution < -0.4 is 14.2 Å². The Morgan fingerprint density at radius 2 is 1.60 bits per heavy atom. The van der Waals surface area contributed by atoms with E-state index in [0.29, 0.717) is 0 Å². The Kier molecular flexibility index (Phi) is 4.60. The number of fused-ring (bicyclic) bond motifs is 2. The van der Waals surface area contributed by atoms with E-state index in [9.17, 15) is 0 Å². The largest absolute Gasteiger partial charge is 0.453 e. The Bertz CT molecular complexity index is 1270. The van der Waals surface area contributed by atoms with Gasteiger partial charge in [0.2, 0.25) is 5.58 Å². The summed E-state index contributed by atoms with van der Waals surface area (Å²) in [6.07, 6.45) is 3.99. The summed E-state index contributed by atoms with van der Waals surface area (Å²) >= 11 is 0. The summed E-state index contributed by atoms with van der Waals surface area (Å²) in [5.74, 6) is 2.42. The third kappa shape index (κ3) is 3.07. The molecule has 148 valence electrons. The summed E-state index contributed by atoms with van der Waals surface area (Å²) in [4.78, 5) is 2.18. The monoisotopic (exact) mass is 395 g/mol. The quantitative estimate of drug-likeness (QED) is 0.418. The standard InChI is InChI=1S/C26H23N2O2/c1-3-28-21-14-8-10-16-23(21)30-25(28)18-17-24-26(19-11-5-4-6-12-19)27(2)20-13-7-9-15-22(20)29-24/h4-18H,3H2,1-2H3/q+1. The van der Waals surface area contributed by atoms with Crippen LogP contribution in [0.4, 0.5) is 5.69 Å². The van der Waals surface area contributed by atoms with Gasteiger partial charge in [-0.15, -0.1) is 0 Å². The van der Waals surface area contributed by atoms with Crippen molar-refractivity contribution in [3.05, 3.63) is 102 Å². The molecule has 0 saturated carbocycles. The number of para-hydroxylation sites is 4. The molecule has 0 atom stereocenters. The maximum absolute atomic E-state index is 6.34. The van der Waals surface area contributed by atoms with Crippen LogP contribution in [0.2, 0.25) is 0 Å². The highest BCUT2D eigenvalue weighted by Crippen LogP contribution is 2.40. The number of allylic oxidation sites excluding steroid dienone is 1. The van der Waals surface area contributed by atoms with E-state index in [4.69, 9.17) is 9.15 Å². The number of nitrogens with zero attached hydrogens (tertiary/aromatic N) is 2. The number of oxazole rings is 1. The highest BCUT2D eigenvalue weighted by Gasteiger charge is 2.25. The SMILES string of the molecule is CC[n+]1c(/C=C/C2=C(c3ccccc3)N(C)c3ccccc3O2)oc2ccccc21. The molecular formula is C26H23N2O2+. The van der Waals surface area contributed by atoms with Crippen molar-refractivity contribution < 1.29 is 13.7 Å². The second kappa shape index (κ2) is 7.56. The molecule has 0 bridgehead atoms. The predicted octanol–water partition coefficient (Wildman–Crippen LogP) is 5.65. The van der Waals surface area contributed by atoms with Gasteiger partial charge in [-0.05, 0) is 31.2 Å². The number of benzene rings is 3. The Morgan fingerprint density at radius 1 is 0.867 bits per heavy atom. The molecule has 0 amide bonds. The van der Waals surface area contributed by atoms with Crippen LogP contribution in [0.1, 0.15) is 18.4 Å². The molecule has 1 aromatic heterocycles. The Hall–Kier alpha value is -3.79. The maximum Gasteiger partial charge on any atom is 0.374 e. The van der Waals surface area contributed by atoms with E-state index in [2.05, 4.69) is 47.7 Å². The van der Waals surface area contributed by atoms with Gasteiger partial charge in [0.05, 0.1) is 17.5 Å². The van der Waals surface area contributed by atoms with Gasteiger partial charge in [-0.3, -0.25) is 0 Å². The zero-order chi connectivity index (χ0) is 20.5. The molecule has 0 radical (unpaired) electrons. The van der Waals surface area contributed by atoms with E-state index in [1.807, 2.05) is 66.7 Å². The van der Waals surface area contributed by atoms with Crippen molar-refractivity contribution in [2.24, 2.45) is 0 Å². The number of ether oxygens (including phenoxy) is 1. The summed E-state index contributed by atoms with van der Waals surface area (Å²) in [6, 6.07) is 26.5. The third-order valence-corrected chi connectivity index (χ3v) is 5.39. The summed E-state index contributed by atoms with van der Waals surface area (Å²) in [5.41, 5.74) is 5.12. The molecule has 0 N–H and O–H groups in total. The van der Waals surface area contributed by atoms with E-state index in [1.54, 1.807) is 0 Å².